The van der Waals surface area contributed by atoms with Crippen LogP contribution >= 0.6 is 10.5 Å². The normalized spacial score (nSPS) is 11.1. The van der Waals surface area contributed by atoms with Gasteiger partial charge in [0, 0.05) is 22.6 Å². The van der Waals surface area contributed by atoms with Gasteiger partial charge in [-0.05, 0) is 23.8 Å². The molecule has 0 bridgehead atoms. The van der Waals surface area contributed by atoms with Crippen molar-refractivity contribution in [3.8, 4) is 10.6 Å². The van der Waals surface area contributed by atoms with Gasteiger partial charge >= 0.3 is 6.03 Å². The van der Waals surface area contributed by atoms with Crippen LogP contribution in [0.3, 0.4) is 0 Å². The van der Waals surface area contributed by atoms with Crippen molar-refractivity contribution >= 4 is 27.4 Å². The Morgan fingerprint density at radius 1 is 1.04 bits per heavy atom. The number of carbonyl (C=O) groups is 2. The van der Waals surface area contributed by atoms with Gasteiger partial charge in [0.25, 0.3) is 10.9 Å². The van der Waals surface area contributed by atoms with E-state index in [1.165, 1.54) is 12.1 Å². The SMILES string of the molecule is NC(=O)Nc1c(C(N)=O)cc[s+]1-c1ccccc1OCc1ccc(F)cc1. The number of rotatable bonds is 6. The minimum atomic E-state index is -0.783. The second-order valence-corrected chi connectivity index (χ2v) is 7.39. The molecule has 3 rings (SSSR count). The van der Waals surface area contributed by atoms with Crippen molar-refractivity contribution in [1.29, 1.82) is 0 Å². The monoisotopic (exact) mass is 386 g/mol. The largest absolute Gasteiger partial charge is 0.483 e. The molecule has 6 nitrogen and oxygen atoms in total. The minimum absolute atomic E-state index is 0.200. The molecule has 0 aliphatic carbocycles. The molecule has 1 aromatic heterocycles. The lowest BCUT2D eigenvalue weighted by molar-refractivity contribution is 0.100. The van der Waals surface area contributed by atoms with Crippen LogP contribution in [0.15, 0.2) is 60.0 Å². The van der Waals surface area contributed by atoms with Crippen LogP contribution in [-0.4, -0.2) is 11.9 Å². The molecule has 1 heterocycles. The summed E-state index contributed by atoms with van der Waals surface area (Å²) in [6, 6.07) is 14.0. The van der Waals surface area contributed by atoms with E-state index in [2.05, 4.69) is 5.32 Å². The van der Waals surface area contributed by atoms with Gasteiger partial charge in [-0.3, -0.25) is 10.1 Å². The van der Waals surface area contributed by atoms with E-state index in [0.717, 1.165) is 10.5 Å². The predicted octanol–water partition coefficient (Wildman–Crippen LogP) is 3.73. The van der Waals surface area contributed by atoms with Crippen LogP contribution in [0.1, 0.15) is 15.9 Å². The fraction of sp³-hybridized carbons (Fsp3) is 0.0526. The summed E-state index contributed by atoms with van der Waals surface area (Å²) >= 11 is 0. The van der Waals surface area contributed by atoms with E-state index < -0.39 is 22.4 Å². The van der Waals surface area contributed by atoms with E-state index in [4.69, 9.17) is 16.2 Å². The van der Waals surface area contributed by atoms with Crippen LogP contribution in [0.4, 0.5) is 14.2 Å². The van der Waals surface area contributed by atoms with Gasteiger partial charge in [-0.2, -0.15) is 0 Å². The number of para-hydroxylation sites is 1. The van der Waals surface area contributed by atoms with E-state index in [-0.39, 0.29) is 18.0 Å². The van der Waals surface area contributed by atoms with Gasteiger partial charge in [0.1, 0.15) is 23.4 Å². The maximum atomic E-state index is 13.0. The highest BCUT2D eigenvalue weighted by molar-refractivity contribution is 7.42. The Bertz CT molecular complexity index is 986. The van der Waals surface area contributed by atoms with E-state index >= 15 is 0 Å². The third-order valence-corrected chi connectivity index (χ3v) is 5.71. The Hall–Kier alpha value is -3.39. The Labute approximate surface area is 157 Å². The Balaban J connectivity index is 1.95. The molecule has 1 atom stereocenters. The summed E-state index contributed by atoms with van der Waals surface area (Å²) in [5.41, 5.74) is 11.6. The second kappa shape index (κ2) is 7.88. The average Bonchev–Trinajstić information content (AvgIpc) is 3.04. The fourth-order valence-electron chi connectivity index (χ4n) is 2.50. The molecule has 27 heavy (non-hydrogen) atoms. The van der Waals surface area contributed by atoms with Crippen LogP contribution in [0.5, 0.6) is 5.75 Å². The molecule has 3 amide bonds. The molecule has 0 saturated heterocycles. The quantitative estimate of drug-likeness (QED) is 0.562. The van der Waals surface area contributed by atoms with Crippen LogP contribution in [0, 0.1) is 5.82 Å². The summed E-state index contributed by atoms with van der Waals surface area (Å²) in [5, 5.41) is 4.61. The molecule has 0 saturated carbocycles. The van der Waals surface area contributed by atoms with Gasteiger partial charge in [-0.25, -0.2) is 9.18 Å². The van der Waals surface area contributed by atoms with Crippen molar-refractivity contribution in [2.24, 2.45) is 11.5 Å². The molecule has 0 radical (unpaired) electrons. The number of amides is 3. The Morgan fingerprint density at radius 2 is 1.74 bits per heavy atom. The number of anilines is 1. The number of carbonyl (C=O) groups excluding carboxylic acids is 2. The molecule has 2 aromatic carbocycles. The number of thiophene rings is 1. The molecule has 138 valence electrons. The maximum absolute atomic E-state index is 13.0. The zero-order valence-corrected chi connectivity index (χ0v) is 15.0. The highest BCUT2D eigenvalue weighted by Crippen LogP contribution is 2.46. The summed E-state index contributed by atoms with van der Waals surface area (Å²) in [6.07, 6.45) is 0. The highest BCUT2D eigenvalue weighted by Gasteiger charge is 2.28. The van der Waals surface area contributed by atoms with E-state index in [1.54, 1.807) is 29.6 Å². The van der Waals surface area contributed by atoms with Gasteiger partial charge < -0.3 is 16.2 Å². The summed E-state index contributed by atoms with van der Waals surface area (Å²) in [7, 11) is -0.771. The number of benzene rings is 2. The van der Waals surface area contributed by atoms with Crippen molar-refractivity contribution in [3.63, 3.8) is 0 Å². The number of urea groups is 1. The van der Waals surface area contributed by atoms with Crippen molar-refractivity contribution in [2.75, 3.05) is 5.32 Å². The third kappa shape index (κ3) is 4.24. The standard InChI is InChI=1S/C19H16FN3O3S/c20-13-7-5-12(6-8-13)11-26-15-3-1-2-4-16(15)27-10-9-14(17(21)24)18(27)23-19(22)25/h1-10H,11H2,(H4-,21,22,23,24,25)/p+1. The van der Waals surface area contributed by atoms with Gasteiger partial charge in [-0.15, -0.1) is 0 Å². The number of nitrogens with one attached hydrogen (secondary N) is 1. The topological polar surface area (TPSA) is 107 Å². The van der Waals surface area contributed by atoms with Gasteiger partial charge in [0.2, 0.25) is 4.90 Å². The van der Waals surface area contributed by atoms with E-state index in [9.17, 15) is 14.0 Å². The van der Waals surface area contributed by atoms with Gasteiger partial charge in [0.05, 0.1) is 0 Å². The summed E-state index contributed by atoms with van der Waals surface area (Å²) < 4.78 is 18.9. The molecule has 3 aromatic rings. The number of halogens is 1. The van der Waals surface area contributed by atoms with E-state index in [0.29, 0.717) is 10.8 Å². The van der Waals surface area contributed by atoms with Crippen molar-refractivity contribution < 1.29 is 18.7 Å². The first-order valence-electron chi connectivity index (χ1n) is 7.94. The molecule has 0 aliphatic rings. The first-order chi connectivity index (χ1) is 13.0. The number of hydrogen-bond donors (Lipinski definition) is 3. The third-order valence-electron chi connectivity index (χ3n) is 3.73. The Kier molecular flexibility index (Phi) is 5.37. The first-order valence-corrected chi connectivity index (χ1v) is 9.22. The summed E-state index contributed by atoms with van der Waals surface area (Å²) in [5.74, 6) is -0.401. The molecule has 8 heteroatoms. The van der Waals surface area contributed by atoms with Gasteiger partial charge in [-0.1, -0.05) is 24.3 Å². The second-order valence-electron chi connectivity index (χ2n) is 5.60. The van der Waals surface area contributed by atoms with Crippen LogP contribution in [0.2, 0.25) is 0 Å². The van der Waals surface area contributed by atoms with Crippen molar-refractivity contribution in [1.82, 2.24) is 0 Å². The van der Waals surface area contributed by atoms with Crippen LogP contribution in [-0.2, 0) is 6.61 Å². The predicted molar refractivity (Wildman–Crippen MR) is 103 cm³/mol. The van der Waals surface area contributed by atoms with Gasteiger partial charge in [0.15, 0.2) is 5.75 Å². The Morgan fingerprint density at radius 3 is 2.41 bits per heavy atom. The zero-order valence-electron chi connectivity index (χ0n) is 14.1. The fourth-order valence-corrected chi connectivity index (χ4v) is 4.46. The highest BCUT2D eigenvalue weighted by atomic mass is 32.2. The molecule has 0 fully saturated rings. The average molecular weight is 386 g/mol. The molecule has 5 N–H and O–H groups in total. The molecular formula is C19H17FN3O3S+. The summed E-state index contributed by atoms with van der Waals surface area (Å²) in [4.78, 5) is 23.8. The van der Waals surface area contributed by atoms with Crippen LogP contribution in [0.25, 0.3) is 4.90 Å². The molecule has 1 unspecified atom stereocenters. The number of primary amides is 2. The smallest absolute Gasteiger partial charge is 0.320 e. The van der Waals surface area contributed by atoms with Crippen LogP contribution < -0.4 is 21.5 Å². The minimum Gasteiger partial charge on any atom is -0.483 e. The van der Waals surface area contributed by atoms with E-state index in [1.807, 2.05) is 18.2 Å². The first kappa shape index (κ1) is 18.4. The number of nitrogens with two attached hydrogens (primary N) is 2. The molecular weight excluding hydrogens is 369 g/mol. The molecule has 0 aliphatic heterocycles. The van der Waals surface area contributed by atoms with Crippen molar-refractivity contribution in [3.05, 3.63) is 76.9 Å². The maximum Gasteiger partial charge on any atom is 0.320 e. The van der Waals surface area contributed by atoms with Crippen molar-refractivity contribution in [2.45, 2.75) is 6.61 Å². The lowest BCUT2D eigenvalue weighted by Crippen LogP contribution is -2.21. The number of hydrogen-bond acceptors (Lipinski definition) is 3. The zero-order chi connectivity index (χ0) is 19.4. The number of ether oxygens (including phenoxy) is 1. The molecule has 0 spiro atoms. The summed E-state index contributed by atoms with van der Waals surface area (Å²) in [6.45, 7) is 0.239. The lowest BCUT2D eigenvalue weighted by Gasteiger charge is -2.08. The lowest BCUT2D eigenvalue weighted by atomic mass is 10.2.